The van der Waals surface area contributed by atoms with E-state index >= 15 is 0 Å². The van der Waals surface area contributed by atoms with Crippen molar-refractivity contribution in [3.63, 3.8) is 0 Å². The van der Waals surface area contributed by atoms with E-state index in [1.165, 1.54) is 0 Å². The first-order valence-corrected chi connectivity index (χ1v) is 6.33. The largest absolute Gasteiger partial charge is 0.396 e. The molecule has 1 aromatic rings. The molecule has 0 spiro atoms. The van der Waals surface area contributed by atoms with E-state index in [0.29, 0.717) is 30.3 Å². The Morgan fingerprint density at radius 1 is 1.39 bits per heavy atom. The second-order valence-electron chi connectivity index (χ2n) is 4.90. The van der Waals surface area contributed by atoms with Crippen LogP contribution in [0, 0.1) is 19.8 Å². The summed E-state index contributed by atoms with van der Waals surface area (Å²) < 4.78 is 0. The molecule has 2 rings (SSSR count). The summed E-state index contributed by atoms with van der Waals surface area (Å²) in [5, 5.41) is 17.0. The van der Waals surface area contributed by atoms with Crippen LogP contribution >= 0.6 is 0 Å². The molecule has 1 N–H and O–H groups in total. The van der Waals surface area contributed by atoms with Gasteiger partial charge in [-0.2, -0.15) is 10.2 Å². The molecule has 18 heavy (non-hydrogen) atoms. The molecule has 0 bridgehead atoms. The molecule has 1 aliphatic heterocycles. The van der Waals surface area contributed by atoms with Crippen LogP contribution < -0.4 is 0 Å². The summed E-state index contributed by atoms with van der Waals surface area (Å²) in [7, 11) is 0. The first kappa shape index (κ1) is 13.0. The van der Waals surface area contributed by atoms with E-state index in [0.717, 1.165) is 18.5 Å². The van der Waals surface area contributed by atoms with Crippen LogP contribution in [-0.2, 0) is 0 Å². The van der Waals surface area contributed by atoms with E-state index in [-0.39, 0.29) is 12.5 Å². The van der Waals surface area contributed by atoms with Gasteiger partial charge in [0.25, 0.3) is 5.91 Å². The fourth-order valence-electron chi connectivity index (χ4n) is 2.26. The van der Waals surface area contributed by atoms with Gasteiger partial charge in [-0.3, -0.25) is 4.79 Å². The third-order valence-electron chi connectivity index (χ3n) is 3.49. The Morgan fingerprint density at radius 3 is 2.67 bits per heavy atom. The molecule has 5 nitrogen and oxygen atoms in total. The maximum Gasteiger partial charge on any atom is 0.255 e. The number of rotatable bonds is 2. The number of aromatic nitrogens is 2. The van der Waals surface area contributed by atoms with E-state index < -0.39 is 0 Å². The zero-order valence-corrected chi connectivity index (χ0v) is 10.9. The third kappa shape index (κ3) is 2.67. The highest BCUT2D eigenvalue weighted by Gasteiger charge is 2.24. The van der Waals surface area contributed by atoms with Gasteiger partial charge in [-0.15, -0.1) is 0 Å². The fraction of sp³-hybridized carbons (Fsp3) is 0.615. The summed E-state index contributed by atoms with van der Waals surface area (Å²) in [6.45, 7) is 5.29. The lowest BCUT2D eigenvalue weighted by Gasteiger charge is -2.31. The Bertz CT molecular complexity index is 440. The standard InChI is InChI=1S/C13H19N3O2/c1-9-7-12(10(2)15-14-9)13(18)16-5-3-11(8-17)4-6-16/h7,11,17H,3-6,8H2,1-2H3. The molecule has 0 aliphatic carbocycles. The van der Waals surface area contributed by atoms with Crippen LogP contribution in [0.3, 0.4) is 0 Å². The normalized spacial score (nSPS) is 16.9. The van der Waals surface area contributed by atoms with Crippen LogP contribution in [0.4, 0.5) is 0 Å². The predicted molar refractivity (Wildman–Crippen MR) is 67.2 cm³/mol. The number of hydrogen-bond donors (Lipinski definition) is 1. The summed E-state index contributed by atoms with van der Waals surface area (Å²) in [6, 6.07) is 1.79. The van der Waals surface area contributed by atoms with Crippen LogP contribution in [0.5, 0.6) is 0 Å². The summed E-state index contributed by atoms with van der Waals surface area (Å²) in [5.41, 5.74) is 2.08. The first-order chi connectivity index (χ1) is 8.61. The Labute approximate surface area is 107 Å². The summed E-state index contributed by atoms with van der Waals surface area (Å²) >= 11 is 0. The Morgan fingerprint density at radius 2 is 2.06 bits per heavy atom. The van der Waals surface area contributed by atoms with Crippen molar-refractivity contribution in [3.05, 3.63) is 23.0 Å². The number of aliphatic hydroxyl groups is 1. The van der Waals surface area contributed by atoms with Crippen LogP contribution in [0.2, 0.25) is 0 Å². The molecule has 1 saturated heterocycles. The summed E-state index contributed by atoms with van der Waals surface area (Å²) in [4.78, 5) is 14.2. The molecule has 98 valence electrons. The van der Waals surface area contributed by atoms with Gasteiger partial charge in [-0.25, -0.2) is 0 Å². The van der Waals surface area contributed by atoms with Gasteiger partial charge in [0.2, 0.25) is 0 Å². The van der Waals surface area contributed by atoms with E-state index in [2.05, 4.69) is 10.2 Å². The average molecular weight is 249 g/mol. The van der Waals surface area contributed by atoms with E-state index in [4.69, 9.17) is 5.11 Å². The summed E-state index contributed by atoms with van der Waals surface area (Å²) in [5.74, 6) is 0.370. The molecule has 0 saturated carbocycles. The SMILES string of the molecule is Cc1cc(C(=O)N2CCC(CO)CC2)c(C)nn1. The number of piperidine rings is 1. The number of aliphatic hydroxyl groups excluding tert-OH is 1. The molecular weight excluding hydrogens is 230 g/mol. The van der Waals surface area contributed by atoms with Crippen LogP contribution in [0.25, 0.3) is 0 Å². The summed E-state index contributed by atoms with van der Waals surface area (Å²) in [6.07, 6.45) is 1.75. The maximum atomic E-state index is 12.4. The lowest BCUT2D eigenvalue weighted by Crippen LogP contribution is -2.39. The minimum absolute atomic E-state index is 0.0295. The second kappa shape index (κ2) is 5.44. The quantitative estimate of drug-likeness (QED) is 0.847. The molecule has 0 atom stereocenters. The van der Waals surface area contributed by atoms with Crippen molar-refractivity contribution in [3.8, 4) is 0 Å². The average Bonchev–Trinajstić information content (AvgIpc) is 2.41. The van der Waals surface area contributed by atoms with Crippen LogP contribution in [0.15, 0.2) is 6.07 Å². The van der Waals surface area contributed by atoms with Gasteiger partial charge in [-0.05, 0) is 38.7 Å². The van der Waals surface area contributed by atoms with Crippen LogP contribution in [0.1, 0.15) is 34.6 Å². The smallest absolute Gasteiger partial charge is 0.255 e. The predicted octanol–water partition coefficient (Wildman–Crippen LogP) is 0.938. The molecule has 5 heteroatoms. The molecule has 2 heterocycles. The maximum absolute atomic E-state index is 12.4. The molecule has 0 radical (unpaired) electrons. The Kier molecular flexibility index (Phi) is 3.91. The highest BCUT2D eigenvalue weighted by Crippen LogP contribution is 2.19. The molecule has 1 aromatic heterocycles. The number of hydrogen-bond acceptors (Lipinski definition) is 4. The number of nitrogens with zero attached hydrogens (tertiary/aromatic N) is 3. The topological polar surface area (TPSA) is 66.3 Å². The van der Waals surface area contributed by atoms with Gasteiger partial charge in [0.1, 0.15) is 0 Å². The van der Waals surface area contributed by atoms with E-state index in [1.807, 2.05) is 11.8 Å². The molecule has 1 amide bonds. The number of aryl methyl sites for hydroxylation is 2. The molecule has 1 fully saturated rings. The van der Waals surface area contributed by atoms with E-state index in [9.17, 15) is 4.79 Å². The molecule has 1 aliphatic rings. The van der Waals surface area contributed by atoms with Crippen LogP contribution in [-0.4, -0.2) is 45.8 Å². The van der Waals surface area contributed by atoms with Crippen molar-refractivity contribution in [2.45, 2.75) is 26.7 Å². The number of carbonyl (C=O) groups is 1. The zero-order valence-electron chi connectivity index (χ0n) is 10.9. The lowest BCUT2D eigenvalue weighted by molar-refractivity contribution is 0.0649. The molecule has 0 unspecified atom stereocenters. The monoisotopic (exact) mass is 249 g/mol. The zero-order chi connectivity index (χ0) is 13.1. The second-order valence-corrected chi connectivity index (χ2v) is 4.90. The van der Waals surface area contributed by atoms with E-state index in [1.54, 1.807) is 13.0 Å². The molecular formula is C13H19N3O2. The Hall–Kier alpha value is -1.49. The van der Waals surface area contributed by atoms with Crippen molar-refractivity contribution in [1.29, 1.82) is 0 Å². The van der Waals surface area contributed by atoms with Gasteiger partial charge in [0, 0.05) is 19.7 Å². The first-order valence-electron chi connectivity index (χ1n) is 6.33. The minimum Gasteiger partial charge on any atom is -0.396 e. The van der Waals surface area contributed by atoms with Gasteiger partial charge < -0.3 is 10.0 Å². The minimum atomic E-state index is 0.0295. The van der Waals surface area contributed by atoms with Crippen molar-refractivity contribution in [2.75, 3.05) is 19.7 Å². The number of likely N-dealkylation sites (tertiary alicyclic amines) is 1. The number of carbonyl (C=O) groups excluding carboxylic acids is 1. The van der Waals surface area contributed by atoms with Gasteiger partial charge >= 0.3 is 0 Å². The number of amides is 1. The molecule has 0 aromatic carbocycles. The van der Waals surface area contributed by atoms with Crippen molar-refractivity contribution in [2.24, 2.45) is 5.92 Å². The van der Waals surface area contributed by atoms with Crippen molar-refractivity contribution >= 4 is 5.91 Å². The van der Waals surface area contributed by atoms with Gasteiger partial charge in [0.15, 0.2) is 0 Å². The lowest BCUT2D eigenvalue weighted by atomic mass is 9.97. The van der Waals surface area contributed by atoms with Gasteiger partial charge in [-0.1, -0.05) is 0 Å². The fourth-order valence-corrected chi connectivity index (χ4v) is 2.26. The van der Waals surface area contributed by atoms with Crippen molar-refractivity contribution < 1.29 is 9.90 Å². The highest BCUT2D eigenvalue weighted by molar-refractivity contribution is 5.95. The Balaban J connectivity index is 2.10. The van der Waals surface area contributed by atoms with Gasteiger partial charge in [0.05, 0.1) is 17.0 Å². The third-order valence-corrected chi connectivity index (χ3v) is 3.49. The van der Waals surface area contributed by atoms with Crippen molar-refractivity contribution in [1.82, 2.24) is 15.1 Å². The highest BCUT2D eigenvalue weighted by atomic mass is 16.3.